The molecule has 0 aromatic carbocycles. The van der Waals surface area contributed by atoms with Crippen LogP contribution in [0.2, 0.25) is 0 Å². The van der Waals surface area contributed by atoms with E-state index in [1.165, 1.54) is 225 Å². The van der Waals surface area contributed by atoms with Crippen molar-refractivity contribution in [3.63, 3.8) is 0 Å². The molecule has 0 aliphatic heterocycles. The first-order valence-corrected chi connectivity index (χ1v) is 37.1. The number of esters is 1. The monoisotopic (exact) mass is 1190 g/mol. The molecule has 0 saturated carbocycles. The van der Waals surface area contributed by atoms with Crippen molar-refractivity contribution in [3.05, 3.63) is 60.8 Å². The topological polar surface area (TPSA) is 114 Å². The number of ether oxygens (including phenoxy) is 1. The van der Waals surface area contributed by atoms with Gasteiger partial charge in [0.05, 0.1) is 33.8 Å². The van der Waals surface area contributed by atoms with Crippen LogP contribution in [0.25, 0.3) is 0 Å². The van der Waals surface area contributed by atoms with Crippen molar-refractivity contribution in [2.75, 3.05) is 40.9 Å². The highest BCUT2D eigenvalue weighted by Gasteiger charge is 2.27. The van der Waals surface area contributed by atoms with Crippen LogP contribution < -0.4 is 10.2 Å². The van der Waals surface area contributed by atoms with Gasteiger partial charge in [0.2, 0.25) is 5.91 Å². The van der Waals surface area contributed by atoms with E-state index in [2.05, 4.69) is 74.7 Å². The first kappa shape index (κ1) is 80.7. The van der Waals surface area contributed by atoms with Gasteiger partial charge in [-0.1, -0.05) is 294 Å². The molecule has 83 heavy (non-hydrogen) atoms. The number of amides is 1. The molecule has 0 aromatic rings. The summed E-state index contributed by atoms with van der Waals surface area (Å²) in [5, 5.41) is 3.04. The number of nitrogens with zero attached hydrogens (tertiary/aromatic N) is 1. The van der Waals surface area contributed by atoms with Crippen molar-refractivity contribution >= 4 is 19.7 Å². The van der Waals surface area contributed by atoms with E-state index in [-0.39, 0.29) is 31.5 Å². The van der Waals surface area contributed by atoms with Crippen LogP contribution in [0.5, 0.6) is 0 Å². The Bertz CT molecular complexity index is 1600. The molecule has 0 aromatic heterocycles. The number of quaternary nitrogens is 1. The molecule has 0 radical (unpaired) electrons. The molecule has 0 heterocycles. The molecule has 0 spiro atoms. The predicted molar refractivity (Wildman–Crippen MR) is 358 cm³/mol. The molecule has 3 atom stereocenters. The smallest absolute Gasteiger partial charge is 0.306 e. The predicted octanol–water partition coefficient (Wildman–Crippen LogP) is 21.9. The van der Waals surface area contributed by atoms with Crippen molar-refractivity contribution in [2.45, 2.75) is 354 Å². The van der Waals surface area contributed by atoms with Crippen molar-refractivity contribution in [3.8, 4) is 0 Å². The maximum Gasteiger partial charge on any atom is 0.306 e. The minimum atomic E-state index is -4.71. The molecule has 0 aliphatic carbocycles. The van der Waals surface area contributed by atoms with Crippen LogP contribution in [0, 0.1) is 0 Å². The van der Waals surface area contributed by atoms with Gasteiger partial charge in [0.1, 0.15) is 19.3 Å². The van der Waals surface area contributed by atoms with E-state index in [4.69, 9.17) is 13.8 Å². The number of phosphoric acid groups is 1. The lowest BCUT2D eigenvalue weighted by molar-refractivity contribution is -0.870. The SMILES string of the molecule is CCCCC/C=C\C/C=C\CCCCCCCCCCCCCCCCCC(=O)OC(/C=C\CCCCCCCCCCCCC)C(COP(=O)([O-])OCC[N+](C)(C)C)NC(=O)CCCCCCCCCCC/C=C\C/C=C\CCCCC. The van der Waals surface area contributed by atoms with Crippen LogP contribution in [0.15, 0.2) is 60.8 Å². The van der Waals surface area contributed by atoms with E-state index in [0.29, 0.717) is 17.4 Å². The first-order valence-electron chi connectivity index (χ1n) is 35.6. The minimum absolute atomic E-state index is 0.0229. The molecule has 10 heteroatoms. The van der Waals surface area contributed by atoms with E-state index in [0.717, 1.165) is 83.5 Å². The van der Waals surface area contributed by atoms with Gasteiger partial charge in [-0.25, -0.2) is 0 Å². The fourth-order valence-corrected chi connectivity index (χ4v) is 11.1. The number of hydrogen-bond acceptors (Lipinski definition) is 7. The first-order chi connectivity index (χ1) is 40.4. The van der Waals surface area contributed by atoms with Crippen molar-refractivity contribution in [1.29, 1.82) is 0 Å². The summed E-state index contributed by atoms with van der Waals surface area (Å²) in [6.07, 6.45) is 80.5. The van der Waals surface area contributed by atoms with Gasteiger partial charge < -0.3 is 28.5 Å². The number of nitrogens with one attached hydrogen (secondary N) is 1. The van der Waals surface area contributed by atoms with Crippen molar-refractivity contribution < 1.29 is 37.3 Å². The molecule has 0 aliphatic rings. The normalized spacial score (nSPS) is 13.9. The van der Waals surface area contributed by atoms with Gasteiger partial charge in [0.15, 0.2) is 0 Å². The summed E-state index contributed by atoms with van der Waals surface area (Å²) in [5.41, 5.74) is 0. The quantitative estimate of drug-likeness (QED) is 0.0212. The molecular weight excluding hydrogens is 1050 g/mol. The molecule has 3 unspecified atom stereocenters. The lowest BCUT2D eigenvalue weighted by Gasteiger charge is -2.30. The molecule has 0 fully saturated rings. The molecule has 486 valence electrons. The van der Waals surface area contributed by atoms with E-state index >= 15 is 0 Å². The zero-order chi connectivity index (χ0) is 60.7. The Morgan fingerprint density at radius 2 is 0.735 bits per heavy atom. The van der Waals surface area contributed by atoms with E-state index in [1.807, 2.05) is 33.3 Å². The van der Waals surface area contributed by atoms with Gasteiger partial charge in [-0.15, -0.1) is 0 Å². The highest BCUT2D eigenvalue weighted by atomic mass is 31.2. The van der Waals surface area contributed by atoms with Gasteiger partial charge in [0, 0.05) is 12.8 Å². The minimum Gasteiger partial charge on any atom is -0.756 e. The highest BCUT2D eigenvalue weighted by Crippen LogP contribution is 2.38. The molecular formula is C73H137N2O7P. The Labute approximate surface area is 515 Å². The molecule has 0 bridgehead atoms. The van der Waals surface area contributed by atoms with Gasteiger partial charge in [-0.3, -0.25) is 14.2 Å². The largest absolute Gasteiger partial charge is 0.756 e. The maximum atomic E-state index is 13.6. The summed E-state index contributed by atoms with van der Waals surface area (Å²) in [6.45, 7) is 6.84. The average molecular weight is 1190 g/mol. The third-order valence-corrected chi connectivity index (χ3v) is 16.9. The summed E-state index contributed by atoms with van der Waals surface area (Å²) < 4.78 is 30.5. The third kappa shape index (κ3) is 64.0. The van der Waals surface area contributed by atoms with Gasteiger partial charge in [0.25, 0.3) is 7.82 Å². The third-order valence-electron chi connectivity index (χ3n) is 15.9. The highest BCUT2D eigenvalue weighted by molar-refractivity contribution is 7.45. The van der Waals surface area contributed by atoms with Crippen LogP contribution >= 0.6 is 7.82 Å². The van der Waals surface area contributed by atoms with Crippen LogP contribution in [0.3, 0.4) is 0 Å². The zero-order valence-corrected chi connectivity index (χ0v) is 56.6. The number of phosphoric ester groups is 1. The average Bonchev–Trinajstić information content (AvgIpc) is 3.46. The summed E-state index contributed by atoms with van der Waals surface area (Å²) in [5.74, 6) is -0.533. The molecule has 9 nitrogen and oxygen atoms in total. The van der Waals surface area contributed by atoms with Gasteiger partial charge in [-0.05, 0) is 96.0 Å². The molecule has 0 rings (SSSR count). The number of hydrogen-bond donors (Lipinski definition) is 1. The van der Waals surface area contributed by atoms with Crippen LogP contribution in [-0.4, -0.2) is 69.4 Å². The molecule has 1 N–H and O–H groups in total. The Balaban J connectivity index is 5.08. The number of carbonyl (C=O) groups excluding carboxylic acids is 2. The second kappa shape index (κ2) is 62.8. The maximum absolute atomic E-state index is 13.6. The summed E-state index contributed by atoms with van der Waals surface area (Å²) >= 11 is 0. The number of carbonyl (C=O) groups is 2. The second-order valence-electron chi connectivity index (χ2n) is 25.4. The standard InChI is InChI=1S/C73H137N2O7P/c1-7-10-13-16-19-22-25-28-30-32-34-35-36-37-38-39-41-43-45-48-51-54-57-60-63-66-73(77)82-71(64-61-58-55-52-49-46-27-24-21-18-15-12-9-3)70(69-81-83(78,79)80-68-67-75(4,5)6)74-72(76)65-62-59-56-53-50-47-44-42-40-33-31-29-26-23-20-17-14-11-8-2/h19-20,22-23,28-31,61,64,70-71H,7-18,21,24-27,32-60,62-63,65-69H2,1-6H3,(H-,74,76,78,79)/b22-19-,23-20-,30-28-,31-29-,64-61-. The molecule has 1 amide bonds. The summed E-state index contributed by atoms with van der Waals surface area (Å²) in [6, 6.07) is -0.891. The fourth-order valence-electron chi connectivity index (χ4n) is 10.4. The number of allylic oxidation sites excluding steroid dienone is 9. The van der Waals surface area contributed by atoms with Crippen molar-refractivity contribution in [2.24, 2.45) is 0 Å². The van der Waals surface area contributed by atoms with E-state index in [1.54, 1.807) is 0 Å². The van der Waals surface area contributed by atoms with Crippen molar-refractivity contribution in [1.82, 2.24) is 5.32 Å². The van der Waals surface area contributed by atoms with Gasteiger partial charge >= 0.3 is 5.97 Å². The van der Waals surface area contributed by atoms with Crippen LogP contribution in [0.4, 0.5) is 0 Å². The lowest BCUT2D eigenvalue weighted by atomic mass is 10.0. The van der Waals surface area contributed by atoms with E-state index in [9.17, 15) is 19.0 Å². The summed E-state index contributed by atoms with van der Waals surface area (Å²) in [4.78, 5) is 40.2. The van der Waals surface area contributed by atoms with Crippen LogP contribution in [-0.2, 0) is 27.9 Å². The Morgan fingerprint density at radius 1 is 0.422 bits per heavy atom. The Morgan fingerprint density at radius 3 is 1.11 bits per heavy atom. The van der Waals surface area contributed by atoms with Gasteiger partial charge in [-0.2, -0.15) is 0 Å². The molecule has 0 saturated heterocycles. The lowest BCUT2D eigenvalue weighted by Crippen LogP contribution is -2.47. The van der Waals surface area contributed by atoms with Crippen LogP contribution in [0.1, 0.15) is 342 Å². The second-order valence-corrected chi connectivity index (χ2v) is 26.8. The Kier molecular flexibility index (Phi) is 61.0. The Hall–Kier alpha value is -2.29. The van der Waals surface area contributed by atoms with E-state index < -0.39 is 20.0 Å². The fraction of sp³-hybridized carbons (Fsp3) is 0.836. The summed E-state index contributed by atoms with van der Waals surface area (Å²) in [7, 11) is 1.19. The number of likely N-dealkylation sites (N-methyl/N-ethyl adjacent to an activating group) is 1. The number of unbranched alkanes of at least 4 members (excludes halogenated alkanes) is 41. The zero-order valence-electron chi connectivity index (χ0n) is 55.7. The number of rotatable bonds is 65.